The number of likely N-dealkylation sites (tertiary alicyclic amines) is 1. The molecule has 0 bridgehead atoms. The SMILES string of the molecule is OC(c1ccc(-c2noc(C(F)(F)F)n2)s1)N1CCCCC1. The van der Waals surface area contributed by atoms with Gasteiger partial charge in [-0.05, 0) is 25.0 Å². The number of aliphatic hydroxyl groups is 1. The van der Waals surface area contributed by atoms with E-state index in [1.807, 2.05) is 4.90 Å². The molecule has 1 aliphatic heterocycles. The number of alkyl halides is 3. The smallest absolute Gasteiger partial charge is 0.373 e. The van der Waals surface area contributed by atoms with Gasteiger partial charge >= 0.3 is 12.1 Å². The Labute approximate surface area is 128 Å². The monoisotopic (exact) mass is 333 g/mol. The van der Waals surface area contributed by atoms with Gasteiger partial charge in [0.25, 0.3) is 0 Å². The molecule has 0 spiro atoms. The van der Waals surface area contributed by atoms with E-state index >= 15 is 0 Å². The van der Waals surface area contributed by atoms with Gasteiger partial charge in [0.1, 0.15) is 6.23 Å². The Morgan fingerprint density at radius 1 is 1.23 bits per heavy atom. The fourth-order valence-corrected chi connectivity index (χ4v) is 3.35. The van der Waals surface area contributed by atoms with Crippen LogP contribution in [0.5, 0.6) is 0 Å². The van der Waals surface area contributed by atoms with Gasteiger partial charge < -0.3 is 9.63 Å². The highest BCUT2D eigenvalue weighted by molar-refractivity contribution is 7.15. The Morgan fingerprint density at radius 3 is 2.59 bits per heavy atom. The lowest BCUT2D eigenvalue weighted by Crippen LogP contribution is -2.33. The highest BCUT2D eigenvalue weighted by atomic mass is 32.1. The molecule has 2 aromatic rings. The Kier molecular flexibility index (Phi) is 4.20. The highest BCUT2D eigenvalue weighted by Gasteiger charge is 2.38. The normalized spacial score (nSPS) is 18.5. The van der Waals surface area contributed by atoms with Crippen molar-refractivity contribution in [1.82, 2.24) is 15.0 Å². The van der Waals surface area contributed by atoms with Gasteiger partial charge in [-0.25, -0.2) is 0 Å². The van der Waals surface area contributed by atoms with Crippen LogP contribution in [0.25, 0.3) is 10.7 Å². The van der Waals surface area contributed by atoms with Crippen LogP contribution in [0.15, 0.2) is 16.7 Å². The third-order valence-corrected chi connectivity index (χ3v) is 4.63. The van der Waals surface area contributed by atoms with Gasteiger partial charge in [0.15, 0.2) is 0 Å². The molecule has 1 N–H and O–H groups in total. The maximum absolute atomic E-state index is 12.5. The summed E-state index contributed by atoms with van der Waals surface area (Å²) in [5, 5.41) is 13.7. The third kappa shape index (κ3) is 3.16. The Bertz CT molecular complexity index is 635. The number of nitrogens with zero attached hydrogens (tertiary/aromatic N) is 3. The molecular weight excluding hydrogens is 319 g/mol. The van der Waals surface area contributed by atoms with Gasteiger partial charge in [-0.1, -0.05) is 11.6 Å². The standard InChI is InChI=1S/C13H14F3N3O2S/c14-13(15,16)12-17-10(18-21-12)8-4-5-9(22-8)11(20)19-6-2-1-3-7-19/h4-5,11,20H,1-3,6-7H2. The van der Waals surface area contributed by atoms with Gasteiger partial charge in [0, 0.05) is 18.0 Å². The molecule has 0 aliphatic carbocycles. The Morgan fingerprint density at radius 2 is 1.95 bits per heavy atom. The number of aliphatic hydroxyl groups excluding tert-OH is 1. The van der Waals surface area contributed by atoms with E-state index in [0.717, 1.165) is 32.4 Å². The second-order valence-electron chi connectivity index (χ2n) is 5.09. The molecule has 0 aromatic carbocycles. The first-order valence-corrected chi connectivity index (χ1v) is 7.70. The summed E-state index contributed by atoms with van der Waals surface area (Å²) in [4.78, 5) is 6.40. The van der Waals surface area contributed by atoms with Crippen LogP contribution in [0.3, 0.4) is 0 Å². The molecule has 3 heterocycles. The molecule has 1 saturated heterocycles. The van der Waals surface area contributed by atoms with Crippen molar-refractivity contribution in [3.63, 3.8) is 0 Å². The largest absolute Gasteiger partial charge is 0.471 e. The zero-order valence-corrected chi connectivity index (χ0v) is 12.3. The quantitative estimate of drug-likeness (QED) is 0.934. The summed E-state index contributed by atoms with van der Waals surface area (Å²) in [6.45, 7) is 1.63. The zero-order chi connectivity index (χ0) is 15.7. The van der Waals surface area contributed by atoms with Crippen molar-refractivity contribution in [3.05, 3.63) is 22.9 Å². The minimum Gasteiger partial charge on any atom is -0.373 e. The second-order valence-corrected chi connectivity index (χ2v) is 6.21. The summed E-state index contributed by atoms with van der Waals surface area (Å²) in [6, 6.07) is 3.28. The predicted molar refractivity (Wildman–Crippen MR) is 73.0 cm³/mol. The van der Waals surface area contributed by atoms with E-state index in [2.05, 4.69) is 14.7 Å². The summed E-state index contributed by atoms with van der Waals surface area (Å²) in [5.41, 5.74) is 0. The number of piperidine rings is 1. The van der Waals surface area contributed by atoms with Crippen molar-refractivity contribution in [2.24, 2.45) is 0 Å². The second kappa shape index (κ2) is 5.98. The van der Waals surface area contributed by atoms with Crippen molar-refractivity contribution in [2.45, 2.75) is 31.7 Å². The number of hydrogen-bond acceptors (Lipinski definition) is 6. The molecule has 2 aromatic heterocycles. The lowest BCUT2D eigenvalue weighted by Gasteiger charge is -2.30. The molecule has 5 nitrogen and oxygen atoms in total. The zero-order valence-electron chi connectivity index (χ0n) is 11.5. The summed E-state index contributed by atoms with van der Waals surface area (Å²) in [6.07, 6.45) is -2.17. The Balaban J connectivity index is 1.77. The molecule has 0 amide bonds. The number of thiophene rings is 1. The van der Waals surface area contributed by atoms with E-state index in [1.165, 1.54) is 11.3 Å². The average Bonchev–Trinajstić information content (AvgIpc) is 3.15. The van der Waals surface area contributed by atoms with Crippen LogP contribution in [0.1, 0.15) is 36.3 Å². The lowest BCUT2D eigenvalue weighted by molar-refractivity contribution is -0.159. The summed E-state index contributed by atoms with van der Waals surface area (Å²) in [5.74, 6) is -1.48. The van der Waals surface area contributed by atoms with Crippen LogP contribution in [-0.2, 0) is 6.18 Å². The first kappa shape index (κ1) is 15.4. The van der Waals surface area contributed by atoms with Crippen LogP contribution in [0, 0.1) is 0 Å². The van der Waals surface area contributed by atoms with E-state index in [1.54, 1.807) is 12.1 Å². The third-order valence-electron chi connectivity index (χ3n) is 3.51. The average molecular weight is 333 g/mol. The van der Waals surface area contributed by atoms with Gasteiger partial charge in [-0.15, -0.1) is 11.3 Å². The molecule has 3 rings (SSSR count). The van der Waals surface area contributed by atoms with Gasteiger partial charge in [0.05, 0.1) is 4.88 Å². The first-order chi connectivity index (χ1) is 10.4. The van der Waals surface area contributed by atoms with E-state index in [4.69, 9.17) is 0 Å². The molecular formula is C13H14F3N3O2S. The molecule has 120 valence electrons. The van der Waals surface area contributed by atoms with Crippen LogP contribution in [0.4, 0.5) is 13.2 Å². The lowest BCUT2D eigenvalue weighted by atomic mass is 10.1. The molecule has 9 heteroatoms. The number of aromatic nitrogens is 2. The number of halogens is 3. The maximum atomic E-state index is 12.5. The van der Waals surface area contributed by atoms with Crippen molar-refractivity contribution in [2.75, 3.05) is 13.1 Å². The van der Waals surface area contributed by atoms with Crippen molar-refractivity contribution in [3.8, 4) is 10.7 Å². The molecule has 0 saturated carbocycles. The van der Waals surface area contributed by atoms with Gasteiger partial charge in [-0.3, -0.25) is 4.90 Å². The predicted octanol–water partition coefficient (Wildman–Crippen LogP) is 3.29. The molecule has 1 fully saturated rings. The Hall–Kier alpha value is -1.45. The first-order valence-electron chi connectivity index (χ1n) is 6.88. The van der Waals surface area contributed by atoms with Crippen molar-refractivity contribution in [1.29, 1.82) is 0 Å². The van der Waals surface area contributed by atoms with E-state index in [0.29, 0.717) is 9.75 Å². The molecule has 1 unspecified atom stereocenters. The molecule has 1 aliphatic rings. The van der Waals surface area contributed by atoms with Crippen molar-refractivity contribution >= 4 is 11.3 Å². The summed E-state index contributed by atoms with van der Waals surface area (Å²) >= 11 is 1.17. The molecule has 22 heavy (non-hydrogen) atoms. The topological polar surface area (TPSA) is 62.4 Å². The summed E-state index contributed by atoms with van der Waals surface area (Å²) in [7, 11) is 0. The highest BCUT2D eigenvalue weighted by Crippen LogP contribution is 2.34. The van der Waals surface area contributed by atoms with Crippen molar-refractivity contribution < 1.29 is 22.8 Å². The minimum absolute atomic E-state index is 0.116. The van der Waals surface area contributed by atoms with Crippen LogP contribution >= 0.6 is 11.3 Å². The minimum atomic E-state index is -4.65. The fourth-order valence-electron chi connectivity index (χ4n) is 2.39. The van der Waals surface area contributed by atoms with Crippen LogP contribution < -0.4 is 0 Å². The summed E-state index contributed by atoms with van der Waals surface area (Å²) < 4.78 is 41.6. The number of rotatable bonds is 3. The van der Waals surface area contributed by atoms with Crippen LogP contribution in [-0.4, -0.2) is 33.2 Å². The van der Waals surface area contributed by atoms with E-state index < -0.39 is 18.3 Å². The van der Waals surface area contributed by atoms with E-state index in [-0.39, 0.29) is 5.82 Å². The van der Waals surface area contributed by atoms with Gasteiger partial charge in [0.2, 0.25) is 5.82 Å². The molecule has 1 atom stereocenters. The van der Waals surface area contributed by atoms with Crippen LogP contribution in [0.2, 0.25) is 0 Å². The van der Waals surface area contributed by atoms with E-state index in [9.17, 15) is 18.3 Å². The van der Waals surface area contributed by atoms with Gasteiger partial charge in [-0.2, -0.15) is 18.2 Å². The number of hydrogen-bond donors (Lipinski definition) is 1. The maximum Gasteiger partial charge on any atom is 0.471 e. The fraction of sp³-hybridized carbons (Fsp3) is 0.538. The molecule has 0 radical (unpaired) electrons.